The van der Waals surface area contributed by atoms with Gasteiger partial charge in [0.15, 0.2) is 0 Å². The average molecular weight is 811 g/mol. The van der Waals surface area contributed by atoms with Crippen molar-refractivity contribution in [3.05, 3.63) is 218 Å². The Labute approximate surface area is 360 Å². The van der Waals surface area contributed by atoms with Crippen molar-refractivity contribution in [3.63, 3.8) is 0 Å². The minimum atomic E-state index is -0.735. The number of urea groups is 2. The predicted molar refractivity (Wildman–Crippen MR) is 248 cm³/mol. The fraction of sp³-hybridized carbons (Fsp3) is 0.0385. The zero-order valence-corrected chi connectivity index (χ0v) is 33.5. The topological polar surface area (TPSA) is 95.2 Å². The van der Waals surface area contributed by atoms with E-state index in [1.165, 1.54) is 0 Å². The average Bonchev–Trinajstić information content (AvgIpc) is 3.35. The molecule has 2 aliphatic rings. The monoisotopic (exact) mass is 810 g/mol. The lowest BCUT2D eigenvalue weighted by Crippen LogP contribution is -2.81. The molecular formula is C52H42N8O2. The molecule has 10 heteroatoms. The molecule has 0 spiro atoms. The molecule has 8 aromatic carbocycles. The summed E-state index contributed by atoms with van der Waals surface area (Å²) in [6, 6.07) is 71.1. The van der Waals surface area contributed by atoms with E-state index in [1.807, 2.05) is 218 Å². The lowest BCUT2D eigenvalue weighted by molar-refractivity contribution is 0.191. The molecule has 302 valence electrons. The lowest BCUT2D eigenvalue weighted by Gasteiger charge is -2.48. The number of amides is 4. The first-order chi connectivity index (χ1) is 30.6. The van der Waals surface area contributed by atoms with Gasteiger partial charge in [0.05, 0.1) is 22.7 Å². The number of nitrogens with one attached hydrogen (secondary N) is 4. The Morgan fingerprint density at radius 2 is 0.468 bits per heavy atom. The number of rotatable bonds is 9. The van der Waals surface area contributed by atoms with E-state index >= 15 is 0 Å². The van der Waals surface area contributed by atoms with Crippen molar-refractivity contribution in [1.29, 1.82) is 0 Å². The number of anilines is 4. The summed E-state index contributed by atoms with van der Waals surface area (Å²) in [7, 11) is 0. The van der Waals surface area contributed by atoms with Crippen LogP contribution in [0.2, 0.25) is 0 Å². The first-order valence-corrected chi connectivity index (χ1v) is 20.5. The first kappa shape index (κ1) is 38.3. The molecule has 0 radical (unpaired) electrons. The second kappa shape index (κ2) is 17.0. The molecule has 62 heavy (non-hydrogen) atoms. The van der Waals surface area contributed by atoms with Gasteiger partial charge < -0.3 is 0 Å². The second-order valence-corrected chi connectivity index (χ2v) is 15.0. The summed E-state index contributed by atoms with van der Waals surface area (Å²) in [5.74, 6) is 0. The highest BCUT2D eigenvalue weighted by Crippen LogP contribution is 2.32. The third kappa shape index (κ3) is 7.81. The van der Waals surface area contributed by atoms with Crippen LogP contribution in [0.5, 0.6) is 0 Å². The van der Waals surface area contributed by atoms with Crippen molar-refractivity contribution in [2.24, 2.45) is 0 Å². The SMILES string of the molecule is O=C1N(c2cccc(-c3ccccc3)c2)NC(C2NN(c3cccc(-c4ccccc4)c3)C(=O)N(c3cccc(-c4ccccc4)c3)N2)NN1c1cccc(-c2ccccc2)c1. The van der Waals surface area contributed by atoms with E-state index in [2.05, 4.69) is 21.7 Å². The van der Waals surface area contributed by atoms with Crippen LogP contribution < -0.4 is 41.7 Å². The molecule has 2 fully saturated rings. The minimum absolute atomic E-state index is 0.344. The quantitative estimate of drug-likeness (QED) is 0.116. The van der Waals surface area contributed by atoms with Gasteiger partial charge in [0.2, 0.25) is 0 Å². The molecule has 0 bridgehead atoms. The van der Waals surface area contributed by atoms with Crippen LogP contribution in [0.3, 0.4) is 0 Å². The highest BCUT2D eigenvalue weighted by Gasteiger charge is 2.43. The molecule has 0 atom stereocenters. The van der Waals surface area contributed by atoms with Crippen LogP contribution in [0.25, 0.3) is 44.5 Å². The van der Waals surface area contributed by atoms with Crippen molar-refractivity contribution < 1.29 is 9.59 Å². The van der Waals surface area contributed by atoms with Gasteiger partial charge in [0.1, 0.15) is 12.3 Å². The molecule has 4 N–H and O–H groups in total. The van der Waals surface area contributed by atoms with Gasteiger partial charge in [0, 0.05) is 0 Å². The molecular weight excluding hydrogens is 769 g/mol. The number of hydrogen-bond acceptors (Lipinski definition) is 6. The van der Waals surface area contributed by atoms with Gasteiger partial charge in [-0.1, -0.05) is 170 Å². The number of carbonyl (C=O) groups excluding carboxylic acids is 2. The van der Waals surface area contributed by atoms with Gasteiger partial charge >= 0.3 is 12.1 Å². The van der Waals surface area contributed by atoms with Crippen molar-refractivity contribution in [2.45, 2.75) is 12.3 Å². The highest BCUT2D eigenvalue weighted by atomic mass is 16.2. The molecule has 2 heterocycles. The van der Waals surface area contributed by atoms with E-state index in [0.29, 0.717) is 22.7 Å². The minimum Gasteiger partial charge on any atom is -0.245 e. The molecule has 0 aromatic heterocycles. The van der Waals surface area contributed by atoms with Crippen molar-refractivity contribution in [3.8, 4) is 44.5 Å². The van der Waals surface area contributed by atoms with Crippen LogP contribution in [0.15, 0.2) is 218 Å². The molecule has 0 unspecified atom stereocenters. The van der Waals surface area contributed by atoms with Gasteiger partial charge in [-0.15, -0.1) is 0 Å². The molecule has 2 saturated heterocycles. The van der Waals surface area contributed by atoms with Crippen molar-refractivity contribution in [1.82, 2.24) is 21.7 Å². The van der Waals surface area contributed by atoms with Crippen molar-refractivity contribution in [2.75, 3.05) is 20.0 Å². The van der Waals surface area contributed by atoms with Crippen LogP contribution in [0.4, 0.5) is 32.3 Å². The Kier molecular flexibility index (Phi) is 10.5. The summed E-state index contributed by atoms with van der Waals surface area (Å²) in [6.45, 7) is 0. The highest BCUT2D eigenvalue weighted by molar-refractivity contribution is 6.05. The van der Waals surface area contributed by atoms with Crippen LogP contribution in [-0.2, 0) is 0 Å². The standard InChI is InChI=1S/C52H42N8O2/c61-51-57(45-29-13-25-41(33-45)37-17-5-1-6-18-37)53-49(54-58(51)46-30-14-26-42(34-46)38-19-7-2-8-20-38)50-55-59(47-31-15-27-43(35-47)39-21-9-3-10-22-39)52(62)60(56-50)48-32-16-28-44(36-48)40-23-11-4-12-24-40/h1-36,49-50,53-56H. The number of hydrazine groups is 4. The van der Waals surface area contributed by atoms with Gasteiger partial charge in [0.25, 0.3) is 0 Å². The summed E-state index contributed by atoms with van der Waals surface area (Å²) in [5.41, 5.74) is 24.4. The molecule has 8 aromatic rings. The van der Waals surface area contributed by atoms with E-state index in [1.54, 1.807) is 20.0 Å². The molecule has 10 rings (SSSR count). The number of carbonyl (C=O) groups is 2. The smallest absolute Gasteiger partial charge is 0.245 e. The summed E-state index contributed by atoms with van der Waals surface area (Å²) < 4.78 is 0. The second-order valence-electron chi connectivity index (χ2n) is 15.0. The summed E-state index contributed by atoms with van der Waals surface area (Å²) >= 11 is 0. The summed E-state index contributed by atoms with van der Waals surface area (Å²) in [5, 5.41) is 6.24. The van der Waals surface area contributed by atoms with E-state index in [-0.39, 0.29) is 12.1 Å². The van der Waals surface area contributed by atoms with Gasteiger partial charge in [-0.05, 0) is 93.0 Å². The number of benzene rings is 8. The van der Waals surface area contributed by atoms with Crippen molar-refractivity contribution >= 4 is 34.8 Å². The normalized spacial score (nSPS) is 15.0. The molecule has 10 nitrogen and oxygen atoms in total. The Hall–Kier alpha value is -7.86. The maximum Gasteiger partial charge on any atom is 0.358 e. The Bertz CT molecular complexity index is 2460. The van der Waals surface area contributed by atoms with E-state index in [0.717, 1.165) is 44.5 Å². The van der Waals surface area contributed by atoms with E-state index in [9.17, 15) is 9.59 Å². The Morgan fingerprint density at radius 3 is 0.694 bits per heavy atom. The van der Waals surface area contributed by atoms with Gasteiger partial charge in [-0.2, -0.15) is 0 Å². The fourth-order valence-corrected chi connectivity index (χ4v) is 7.89. The summed E-state index contributed by atoms with van der Waals surface area (Å²) in [4.78, 5) is 29.7. The number of hydrogen-bond donors (Lipinski definition) is 4. The molecule has 0 aliphatic carbocycles. The molecule has 0 saturated carbocycles. The molecule has 2 aliphatic heterocycles. The van der Waals surface area contributed by atoms with Gasteiger partial charge in [-0.25, -0.2) is 51.3 Å². The maximum atomic E-state index is 14.8. The summed E-state index contributed by atoms with van der Waals surface area (Å²) in [6.07, 6.45) is -1.47. The lowest BCUT2D eigenvalue weighted by atomic mass is 10.0. The third-order valence-corrected chi connectivity index (χ3v) is 11.0. The van der Waals surface area contributed by atoms with Gasteiger partial charge in [-0.3, -0.25) is 0 Å². The number of nitrogens with zero attached hydrogens (tertiary/aromatic N) is 4. The largest absolute Gasteiger partial charge is 0.358 e. The zero-order valence-electron chi connectivity index (χ0n) is 33.5. The Morgan fingerprint density at radius 1 is 0.258 bits per heavy atom. The molecule has 4 amide bonds. The van der Waals surface area contributed by atoms with E-state index in [4.69, 9.17) is 0 Å². The third-order valence-electron chi connectivity index (χ3n) is 11.0. The van der Waals surface area contributed by atoms with Crippen LogP contribution in [0, 0.1) is 0 Å². The Balaban J connectivity index is 1.07. The maximum absolute atomic E-state index is 14.8. The zero-order chi connectivity index (χ0) is 41.8. The predicted octanol–water partition coefficient (Wildman–Crippen LogP) is 10.6. The van der Waals surface area contributed by atoms with E-state index < -0.39 is 12.3 Å². The van der Waals surface area contributed by atoms with Crippen LogP contribution in [0.1, 0.15) is 0 Å². The fourth-order valence-electron chi connectivity index (χ4n) is 7.89. The first-order valence-electron chi connectivity index (χ1n) is 20.5. The van der Waals surface area contributed by atoms with Crippen LogP contribution in [-0.4, -0.2) is 24.4 Å². The van der Waals surface area contributed by atoms with Crippen LogP contribution >= 0.6 is 0 Å².